The minimum Gasteiger partial charge on any atom is -0.481 e. The van der Waals surface area contributed by atoms with Gasteiger partial charge in [-0.25, -0.2) is 0 Å². The molecule has 0 aromatic carbocycles. The van der Waals surface area contributed by atoms with Crippen molar-refractivity contribution in [1.29, 1.82) is 0 Å². The van der Waals surface area contributed by atoms with Crippen LogP contribution in [0.4, 0.5) is 0 Å². The highest BCUT2D eigenvalue weighted by molar-refractivity contribution is 5.76. The molecule has 0 bridgehead atoms. The lowest BCUT2D eigenvalue weighted by molar-refractivity contribution is -0.137. The van der Waals surface area contributed by atoms with Crippen LogP contribution in [-0.2, 0) is 16.1 Å². The first-order chi connectivity index (χ1) is 8.00. The number of carboxylic acid groups (broad SMARTS) is 1. The van der Waals surface area contributed by atoms with E-state index < -0.39 is 5.97 Å². The van der Waals surface area contributed by atoms with Crippen molar-refractivity contribution in [3.05, 3.63) is 17.0 Å². The van der Waals surface area contributed by atoms with E-state index in [0.29, 0.717) is 18.7 Å². The van der Waals surface area contributed by atoms with Crippen molar-refractivity contribution < 1.29 is 19.2 Å². The summed E-state index contributed by atoms with van der Waals surface area (Å²) in [4.78, 5) is 21.6. The Morgan fingerprint density at radius 2 is 2.06 bits per heavy atom. The summed E-state index contributed by atoms with van der Waals surface area (Å²) in [7, 11) is 0. The fourth-order valence-corrected chi connectivity index (χ4v) is 1.43. The first-order valence-corrected chi connectivity index (χ1v) is 5.41. The number of carbonyl (C=O) groups excluding carboxylic acids is 1. The van der Waals surface area contributed by atoms with Gasteiger partial charge in [-0.3, -0.25) is 9.59 Å². The topological polar surface area (TPSA) is 92.4 Å². The third-order valence-electron chi connectivity index (χ3n) is 2.44. The van der Waals surface area contributed by atoms with Crippen LogP contribution >= 0.6 is 0 Å². The van der Waals surface area contributed by atoms with Crippen LogP contribution in [0.5, 0.6) is 0 Å². The monoisotopic (exact) mass is 240 g/mol. The number of aliphatic carboxylic acids is 1. The quantitative estimate of drug-likeness (QED) is 0.778. The van der Waals surface area contributed by atoms with Gasteiger partial charge in [0.15, 0.2) is 0 Å². The number of carbonyl (C=O) groups is 2. The van der Waals surface area contributed by atoms with Crippen LogP contribution < -0.4 is 5.32 Å². The van der Waals surface area contributed by atoms with Crippen LogP contribution in [0.2, 0.25) is 0 Å². The molecule has 0 aliphatic carbocycles. The molecule has 94 valence electrons. The van der Waals surface area contributed by atoms with Crippen LogP contribution in [0.1, 0.15) is 36.3 Å². The number of amides is 1. The first-order valence-electron chi connectivity index (χ1n) is 5.41. The molecular formula is C11H16N2O4. The molecular weight excluding hydrogens is 224 g/mol. The Balaban J connectivity index is 2.31. The van der Waals surface area contributed by atoms with E-state index in [-0.39, 0.29) is 18.7 Å². The number of carboxylic acids is 1. The average molecular weight is 240 g/mol. The van der Waals surface area contributed by atoms with E-state index in [1.807, 2.05) is 6.92 Å². The zero-order valence-electron chi connectivity index (χ0n) is 9.95. The number of nitrogens with zero attached hydrogens (tertiary/aromatic N) is 1. The molecule has 0 radical (unpaired) electrons. The minimum atomic E-state index is -0.886. The van der Waals surface area contributed by atoms with E-state index in [2.05, 4.69) is 10.5 Å². The highest BCUT2D eigenvalue weighted by atomic mass is 16.5. The predicted octanol–water partition coefficient (Wildman–Crippen LogP) is 1.16. The second-order valence-corrected chi connectivity index (χ2v) is 3.83. The van der Waals surface area contributed by atoms with E-state index >= 15 is 0 Å². The maximum Gasteiger partial charge on any atom is 0.303 e. The van der Waals surface area contributed by atoms with Gasteiger partial charge in [-0.15, -0.1) is 0 Å². The molecule has 1 rings (SSSR count). The zero-order valence-corrected chi connectivity index (χ0v) is 9.95. The molecule has 0 unspecified atom stereocenters. The third-order valence-corrected chi connectivity index (χ3v) is 2.44. The van der Waals surface area contributed by atoms with Crippen molar-refractivity contribution in [2.24, 2.45) is 0 Å². The van der Waals surface area contributed by atoms with Gasteiger partial charge in [0.1, 0.15) is 5.76 Å². The van der Waals surface area contributed by atoms with Crippen LogP contribution in [0.15, 0.2) is 4.52 Å². The van der Waals surface area contributed by atoms with Gasteiger partial charge in [-0.1, -0.05) is 5.16 Å². The molecule has 1 aromatic rings. The molecule has 0 saturated heterocycles. The van der Waals surface area contributed by atoms with Gasteiger partial charge in [0, 0.05) is 24.9 Å². The van der Waals surface area contributed by atoms with Crippen LogP contribution in [0.3, 0.4) is 0 Å². The number of rotatable bonds is 6. The summed E-state index contributed by atoms with van der Waals surface area (Å²) in [5.74, 6) is -0.358. The first kappa shape index (κ1) is 13.2. The Kier molecular flexibility index (Phi) is 4.68. The molecule has 0 aliphatic heterocycles. The molecule has 6 heteroatoms. The fraction of sp³-hybridized carbons (Fsp3) is 0.545. The number of hydrogen-bond acceptors (Lipinski definition) is 4. The zero-order chi connectivity index (χ0) is 12.8. The van der Waals surface area contributed by atoms with Crippen molar-refractivity contribution in [3.63, 3.8) is 0 Å². The molecule has 0 spiro atoms. The summed E-state index contributed by atoms with van der Waals surface area (Å²) in [6, 6.07) is 0. The Morgan fingerprint density at radius 1 is 1.35 bits per heavy atom. The normalized spacial score (nSPS) is 10.2. The molecule has 17 heavy (non-hydrogen) atoms. The summed E-state index contributed by atoms with van der Waals surface area (Å²) in [5, 5.41) is 14.9. The van der Waals surface area contributed by atoms with Crippen molar-refractivity contribution in [2.45, 2.75) is 39.7 Å². The molecule has 0 fully saturated rings. The average Bonchev–Trinajstić information content (AvgIpc) is 2.55. The van der Waals surface area contributed by atoms with E-state index in [1.165, 1.54) is 0 Å². The minimum absolute atomic E-state index is 0.0126. The number of aromatic nitrogens is 1. The van der Waals surface area contributed by atoms with Gasteiger partial charge in [-0.2, -0.15) is 0 Å². The van der Waals surface area contributed by atoms with E-state index in [9.17, 15) is 9.59 Å². The van der Waals surface area contributed by atoms with Gasteiger partial charge >= 0.3 is 5.97 Å². The van der Waals surface area contributed by atoms with Crippen molar-refractivity contribution in [3.8, 4) is 0 Å². The van der Waals surface area contributed by atoms with Crippen molar-refractivity contribution >= 4 is 11.9 Å². The number of nitrogens with one attached hydrogen (secondary N) is 1. The molecule has 0 atom stereocenters. The molecule has 1 aromatic heterocycles. The summed E-state index contributed by atoms with van der Waals surface area (Å²) in [6.07, 6.45) is 0.581. The lowest BCUT2D eigenvalue weighted by Gasteiger charge is -2.03. The second kappa shape index (κ2) is 6.03. The van der Waals surface area contributed by atoms with E-state index in [1.54, 1.807) is 6.92 Å². The van der Waals surface area contributed by atoms with Gasteiger partial charge in [0.05, 0.1) is 5.69 Å². The van der Waals surface area contributed by atoms with Crippen molar-refractivity contribution in [2.75, 3.05) is 0 Å². The molecule has 2 N–H and O–H groups in total. The molecule has 1 amide bonds. The molecule has 1 heterocycles. The SMILES string of the molecule is Cc1noc(C)c1CNC(=O)CCCC(=O)O. The Hall–Kier alpha value is -1.85. The molecule has 0 saturated carbocycles. The summed E-state index contributed by atoms with van der Waals surface area (Å²) >= 11 is 0. The van der Waals surface area contributed by atoms with Crippen LogP contribution in [0, 0.1) is 13.8 Å². The summed E-state index contributed by atoms with van der Waals surface area (Å²) in [5.41, 5.74) is 1.63. The maximum atomic E-state index is 11.4. The number of aryl methyl sites for hydroxylation is 2. The predicted molar refractivity (Wildman–Crippen MR) is 59.3 cm³/mol. The smallest absolute Gasteiger partial charge is 0.303 e. The van der Waals surface area contributed by atoms with Crippen molar-refractivity contribution in [1.82, 2.24) is 10.5 Å². The molecule has 0 aliphatic rings. The van der Waals surface area contributed by atoms with E-state index in [4.69, 9.17) is 9.63 Å². The highest BCUT2D eigenvalue weighted by Crippen LogP contribution is 2.11. The Labute approximate surface area is 99.0 Å². The largest absolute Gasteiger partial charge is 0.481 e. The fourth-order valence-electron chi connectivity index (χ4n) is 1.43. The van der Waals surface area contributed by atoms with Crippen LogP contribution in [0.25, 0.3) is 0 Å². The lowest BCUT2D eigenvalue weighted by Crippen LogP contribution is -2.23. The second-order valence-electron chi connectivity index (χ2n) is 3.83. The van der Waals surface area contributed by atoms with E-state index in [0.717, 1.165) is 11.3 Å². The Morgan fingerprint density at radius 3 is 2.59 bits per heavy atom. The van der Waals surface area contributed by atoms with Gasteiger partial charge in [0.25, 0.3) is 0 Å². The van der Waals surface area contributed by atoms with Gasteiger partial charge in [-0.05, 0) is 20.3 Å². The van der Waals surface area contributed by atoms with Gasteiger partial charge in [0.2, 0.25) is 5.91 Å². The third kappa shape index (κ3) is 4.26. The van der Waals surface area contributed by atoms with Gasteiger partial charge < -0.3 is 14.9 Å². The summed E-state index contributed by atoms with van der Waals surface area (Å²) < 4.78 is 4.96. The lowest BCUT2D eigenvalue weighted by atomic mass is 10.2. The Bertz CT molecular complexity index is 392. The highest BCUT2D eigenvalue weighted by Gasteiger charge is 2.10. The standard InChI is InChI=1S/C11H16N2O4/c1-7-9(8(2)17-13-7)6-12-10(14)4-3-5-11(15)16/h3-6H2,1-2H3,(H,12,14)(H,15,16). The molecule has 6 nitrogen and oxygen atoms in total. The maximum absolute atomic E-state index is 11.4. The van der Waals surface area contributed by atoms with Crippen LogP contribution in [-0.4, -0.2) is 22.1 Å². The summed E-state index contributed by atoms with van der Waals surface area (Å²) in [6.45, 7) is 3.96. The number of hydrogen-bond donors (Lipinski definition) is 2.